The molecule has 2 aliphatic rings. The van der Waals surface area contributed by atoms with Crippen molar-refractivity contribution < 1.29 is 9.53 Å². The Morgan fingerprint density at radius 3 is 2.61 bits per heavy atom. The van der Waals surface area contributed by atoms with Gasteiger partial charge in [0.25, 0.3) is 0 Å². The first-order chi connectivity index (χ1) is 11.2. The number of likely N-dealkylation sites (tertiary alicyclic amines) is 1. The highest BCUT2D eigenvalue weighted by Gasteiger charge is 2.20. The highest BCUT2D eigenvalue weighted by Crippen LogP contribution is 2.20. The van der Waals surface area contributed by atoms with E-state index in [0.717, 1.165) is 38.5 Å². The van der Waals surface area contributed by atoms with Gasteiger partial charge in [-0.15, -0.1) is 0 Å². The normalized spacial score (nSPS) is 22.8. The third-order valence-electron chi connectivity index (χ3n) is 4.81. The van der Waals surface area contributed by atoms with Gasteiger partial charge < -0.3 is 15.0 Å². The lowest BCUT2D eigenvalue weighted by Crippen LogP contribution is -2.42. The van der Waals surface area contributed by atoms with E-state index in [1.807, 2.05) is 12.1 Å². The smallest absolute Gasteiger partial charge is 0.238 e. The molecule has 1 amide bonds. The van der Waals surface area contributed by atoms with Gasteiger partial charge in [-0.1, -0.05) is 6.42 Å². The highest BCUT2D eigenvalue weighted by atomic mass is 16.5. The Morgan fingerprint density at radius 1 is 1.17 bits per heavy atom. The second-order valence-electron chi connectivity index (χ2n) is 6.51. The van der Waals surface area contributed by atoms with Crippen LogP contribution < -0.4 is 10.2 Å². The monoisotopic (exact) mass is 317 g/mol. The fourth-order valence-electron chi connectivity index (χ4n) is 3.35. The van der Waals surface area contributed by atoms with E-state index in [4.69, 9.17) is 4.74 Å². The zero-order valence-corrected chi connectivity index (χ0v) is 14.0. The van der Waals surface area contributed by atoms with Gasteiger partial charge in [0.1, 0.15) is 0 Å². The molecule has 1 aromatic carbocycles. The molecule has 2 aliphatic heterocycles. The molecule has 0 bridgehead atoms. The van der Waals surface area contributed by atoms with Gasteiger partial charge in [0.05, 0.1) is 19.8 Å². The van der Waals surface area contributed by atoms with Crippen molar-refractivity contribution in [3.05, 3.63) is 24.3 Å². The van der Waals surface area contributed by atoms with Gasteiger partial charge in [0, 0.05) is 30.5 Å². The largest absolute Gasteiger partial charge is 0.378 e. The van der Waals surface area contributed by atoms with Gasteiger partial charge in [-0.2, -0.15) is 0 Å². The van der Waals surface area contributed by atoms with E-state index in [0.29, 0.717) is 12.6 Å². The van der Waals surface area contributed by atoms with Crippen LogP contribution in [0.5, 0.6) is 0 Å². The second kappa shape index (κ2) is 7.79. The molecule has 0 spiro atoms. The molecule has 1 N–H and O–H groups in total. The first-order valence-corrected chi connectivity index (χ1v) is 8.69. The van der Waals surface area contributed by atoms with Crippen molar-refractivity contribution in [2.24, 2.45) is 0 Å². The van der Waals surface area contributed by atoms with Crippen LogP contribution >= 0.6 is 0 Å². The number of carbonyl (C=O) groups is 1. The van der Waals surface area contributed by atoms with E-state index < -0.39 is 0 Å². The molecule has 2 saturated heterocycles. The highest BCUT2D eigenvalue weighted by molar-refractivity contribution is 5.92. The summed E-state index contributed by atoms with van der Waals surface area (Å²) in [6, 6.07) is 8.64. The minimum Gasteiger partial charge on any atom is -0.378 e. The zero-order chi connectivity index (χ0) is 16.1. The molecule has 3 rings (SSSR count). The van der Waals surface area contributed by atoms with Crippen LogP contribution in [0, 0.1) is 0 Å². The van der Waals surface area contributed by atoms with Crippen molar-refractivity contribution in [3.8, 4) is 0 Å². The lowest BCUT2D eigenvalue weighted by atomic mass is 10.0. The van der Waals surface area contributed by atoms with Gasteiger partial charge in [-0.3, -0.25) is 9.69 Å². The molecule has 0 radical (unpaired) electrons. The molecule has 0 unspecified atom stereocenters. The van der Waals surface area contributed by atoms with Crippen LogP contribution in [-0.4, -0.2) is 56.2 Å². The standard InChI is InChI=1S/C18H27N3O2/c1-15-4-2-3-9-21(15)14-18(22)19-16-5-7-17(8-6-16)20-10-12-23-13-11-20/h5-8,15H,2-4,9-14H2,1H3,(H,19,22)/t15-/m0/s1. The molecular weight excluding hydrogens is 290 g/mol. The van der Waals surface area contributed by atoms with E-state index in [2.05, 4.69) is 34.2 Å². The average Bonchev–Trinajstić information content (AvgIpc) is 2.58. The number of nitrogens with zero attached hydrogens (tertiary/aromatic N) is 2. The number of nitrogens with one attached hydrogen (secondary N) is 1. The number of ether oxygens (including phenoxy) is 1. The Balaban J connectivity index is 1.52. The SMILES string of the molecule is C[C@H]1CCCCN1CC(=O)Nc1ccc(N2CCOCC2)cc1. The van der Waals surface area contributed by atoms with Gasteiger partial charge >= 0.3 is 0 Å². The number of carbonyl (C=O) groups excluding carboxylic acids is 1. The van der Waals surface area contributed by atoms with Crippen molar-refractivity contribution in [3.63, 3.8) is 0 Å². The van der Waals surface area contributed by atoms with Crippen LogP contribution in [0.25, 0.3) is 0 Å². The maximum atomic E-state index is 12.2. The van der Waals surface area contributed by atoms with Gasteiger partial charge in [-0.25, -0.2) is 0 Å². The van der Waals surface area contributed by atoms with Crippen LogP contribution in [0.15, 0.2) is 24.3 Å². The van der Waals surface area contributed by atoms with Crippen molar-refractivity contribution in [2.45, 2.75) is 32.2 Å². The Bertz CT molecular complexity index is 512. The predicted octanol–water partition coefficient (Wildman–Crippen LogP) is 2.34. The maximum Gasteiger partial charge on any atom is 0.238 e. The molecule has 23 heavy (non-hydrogen) atoms. The number of amides is 1. The molecule has 5 nitrogen and oxygen atoms in total. The molecule has 0 aromatic heterocycles. The molecule has 2 heterocycles. The number of benzene rings is 1. The summed E-state index contributed by atoms with van der Waals surface area (Å²) >= 11 is 0. The molecular formula is C18H27N3O2. The summed E-state index contributed by atoms with van der Waals surface area (Å²) in [5.41, 5.74) is 2.06. The minimum atomic E-state index is 0.0814. The van der Waals surface area contributed by atoms with E-state index in [-0.39, 0.29) is 5.91 Å². The van der Waals surface area contributed by atoms with Crippen LogP contribution in [0.1, 0.15) is 26.2 Å². The van der Waals surface area contributed by atoms with E-state index >= 15 is 0 Å². The summed E-state index contributed by atoms with van der Waals surface area (Å²) in [6.45, 7) is 7.16. The first kappa shape index (κ1) is 16.3. The lowest BCUT2D eigenvalue weighted by molar-refractivity contribution is -0.118. The maximum absolute atomic E-state index is 12.2. The fourth-order valence-corrected chi connectivity index (χ4v) is 3.35. The Hall–Kier alpha value is -1.59. The lowest BCUT2D eigenvalue weighted by Gasteiger charge is -2.32. The summed E-state index contributed by atoms with van der Waals surface area (Å²) in [5, 5.41) is 3.02. The number of hydrogen-bond acceptors (Lipinski definition) is 4. The third kappa shape index (κ3) is 4.45. The van der Waals surface area contributed by atoms with Gasteiger partial charge in [0.15, 0.2) is 0 Å². The number of hydrogen-bond donors (Lipinski definition) is 1. The van der Waals surface area contributed by atoms with E-state index in [9.17, 15) is 4.79 Å². The minimum absolute atomic E-state index is 0.0814. The summed E-state index contributed by atoms with van der Waals surface area (Å²) in [4.78, 5) is 16.8. The number of piperidine rings is 1. The summed E-state index contributed by atoms with van der Waals surface area (Å²) in [7, 11) is 0. The molecule has 126 valence electrons. The zero-order valence-electron chi connectivity index (χ0n) is 14.0. The average molecular weight is 317 g/mol. The van der Waals surface area contributed by atoms with Crippen molar-refractivity contribution in [2.75, 3.05) is 49.6 Å². The number of anilines is 2. The quantitative estimate of drug-likeness (QED) is 0.926. The van der Waals surface area contributed by atoms with Crippen molar-refractivity contribution in [1.29, 1.82) is 0 Å². The molecule has 1 aromatic rings. The second-order valence-corrected chi connectivity index (χ2v) is 6.51. The topological polar surface area (TPSA) is 44.8 Å². The summed E-state index contributed by atoms with van der Waals surface area (Å²) in [6.07, 6.45) is 3.68. The first-order valence-electron chi connectivity index (χ1n) is 8.69. The fraction of sp³-hybridized carbons (Fsp3) is 0.611. The molecule has 5 heteroatoms. The summed E-state index contributed by atoms with van der Waals surface area (Å²) < 4.78 is 5.38. The molecule has 2 fully saturated rings. The van der Waals surface area contributed by atoms with Crippen LogP contribution in [0.2, 0.25) is 0 Å². The Morgan fingerprint density at radius 2 is 1.91 bits per heavy atom. The summed E-state index contributed by atoms with van der Waals surface area (Å²) in [5.74, 6) is 0.0814. The number of morpholine rings is 1. The number of rotatable bonds is 4. The Kier molecular flexibility index (Phi) is 5.51. The Labute approximate surface area is 138 Å². The molecule has 1 atom stereocenters. The predicted molar refractivity (Wildman–Crippen MR) is 93.0 cm³/mol. The van der Waals surface area contributed by atoms with E-state index in [1.54, 1.807) is 0 Å². The third-order valence-corrected chi connectivity index (χ3v) is 4.81. The van der Waals surface area contributed by atoms with E-state index in [1.165, 1.54) is 24.9 Å². The van der Waals surface area contributed by atoms with Crippen LogP contribution in [0.3, 0.4) is 0 Å². The van der Waals surface area contributed by atoms with Gasteiger partial charge in [-0.05, 0) is 50.6 Å². The molecule has 0 aliphatic carbocycles. The van der Waals surface area contributed by atoms with Crippen molar-refractivity contribution >= 4 is 17.3 Å². The van der Waals surface area contributed by atoms with Crippen LogP contribution in [0.4, 0.5) is 11.4 Å². The van der Waals surface area contributed by atoms with Gasteiger partial charge in [0.2, 0.25) is 5.91 Å². The van der Waals surface area contributed by atoms with Crippen molar-refractivity contribution in [1.82, 2.24) is 4.90 Å². The van der Waals surface area contributed by atoms with Crippen LogP contribution in [-0.2, 0) is 9.53 Å². The molecule has 0 saturated carbocycles.